The Hall–Kier alpha value is -2.41. The minimum absolute atomic E-state index is 0.143. The summed E-state index contributed by atoms with van der Waals surface area (Å²) < 4.78 is 27.4. The predicted octanol–water partition coefficient (Wildman–Crippen LogP) is 5.42. The lowest BCUT2D eigenvalue weighted by Crippen LogP contribution is -2.12. The van der Waals surface area contributed by atoms with Crippen molar-refractivity contribution in [1.29, 1.82) is 0 Å². The molecule has 0 atom stereocenters. The van der Waals surface area contributed by atoms with Crippen LogP contribution in [-0.4, -0.2) is 13.4 Å². The zero-order valence-corrected chi connectivity index (χ0v) is 15.8. The second kappa shape index (κ2) is 6.72. The van der Waals surface area contributed by atoms with Gasteiger partial charge in [0.1, 0.15) is 0 Å². The van der Waals surface area contributed by atoms with E-state index in [0.717, 1.165) is 22.0 Å². The average Bonchev–Trinajstić information content (AvgIpc) is 3.09. The third-order valence-corrected chi connectivity index (χ3v) is 6.39. The summed E-state index contributed by atoms with van der Waals surface area (Å²) in [4.78, 5) is 4.56. The number of anilines is 1. The Morgan fingerprint density at radius 2 is 1.65 bits per heavy atom. The van der Waals surface area contributed by atoms with Gasteiger partial charge >= 0.3 is 0 Å². The first-order valence-corrected chi connectivity index (χ1v) is 10.5. The van der Waals surface area contributed by atoms with Crippen molar-refractivity contribution in [2.75, 3.05) is 4.72 Å². The van der Waals surface area contributed by atoms with Crippen molar-refractivity contribution in [1.82, 2.24) is 4.98 Å². The number of fused-ring (bicyclic) bond motifs is 1. The Morgan fingerprint density at radius 1 is 0.923 bits per heavy atom. The first-order valence-electron chi connectivity index (χ1n) is 7.74. The third-order valence-electron chi connectivity index (χ3n) is 3.90. The summed E-state index contributed by atoms with van der Waals surface area (Å²) in [6.45, 7) is 0. The highest BCUT2D eigenvalue weighted by molar-refractivity contribution is 7.93. The maximum atomic E-state index is 12.4. The molecule has 0 spiro atoms. The van der Waals surface area contributed by atoms with E-state index >= 15 is 0 Å². The SMILES string of the molecule is O=S(=O)(Nc1nc(-c2ccc3ccccc3c2)cs1)c1ccc(Cl)cc1. The van der Waals surface area contributed by atoms with Gasteiger partial charge in [0.15, 0.2) is 5.13 Å². The Kier molecular flexibility index (Phi) is 4.40. The zero-order chi connectivity index (χ0) is 18.1. The Morgan fingerprint density at radius 3 is 2.42 bits per heavy atom. The minimum atomic E-state index is -3.69. The molecule has 0 aliphatic heterocycles. The van der Waals surface area contributed by atoms with Gasteiger partial charge in [-0.05, 0) is 41.1 Å². The molecule has 130 valence electrons. The van der Waals surface area contributed by atoms with Gasteiger partial charge in [0.2, 0.25) is 0 Å². The largest absolute Gasteiger partial charge is 0.263 e. The van der Waals surface area contributed by atoms with E-state index in [1.165, 1.54) is 23.5 Å². The topological polar surface area (TPSA) is 59.1 Å². The van der Waals surface area contributed by atoms with E-state index in [9.17, 15) is 8.42 Å². The molecule has 0 fully saturated rings. The van der Waals surface area contributed by atoms with Crippen molar-refractivity contribution >= 4 is 48.9 Å². The van der Waals surface area contributed by atoms with Gasteiger partial charge < -0.3 is 0 Å². The van der Waals surface area contributed by atoms with Crippen molar-refractivity contribution in [2.45, 2.75) is 4.90 Å². The summed E-state index contributed by atoms with van der Waals surface area (Å²) in [7, 11) is -3.69. The quantitative estimate of drug-likeness (QED) is 0.497. The smallest absolute Gasteiger partial charge is 0.255 e. The van der Waals surface area contributed by atoms with Crippen LogP contribution in [0.3, 0.4) is 0 Å². The number of hydrogen-bond donors (Lipinski definition) is 1. The van der Waals surface area contributed by atoms with Crippen molar-refractivity contribution in [3.63, 3.8) is 0 Å². The normalized spacial score (nSPS) is 11.6. The third kappa shape index (κ3) is 3.44. The van der Waals surface area contributed by atoms with Crippen LogP contribution < -0.4 is 4.72 Å². The van der Waals surface area contributed by atoms with Gasteiger partial charge in [0.05, 0.1) is 10.6 Å². The highest BCUT2D eigenvalue weighted by Crippen LogP contribution is 2.29. The van der Waals surface area contributed by atoms with E-state index in [4.69, 9.17) is 11.6 Å². The van der Waals surface area contributed by atoms with Gasteiger partial charge in [-0.15, -0.1) is 11.3 Å². The molecule has 3 aromatic carbocycles. The lowest BCUT2D eigenvalue weighted by molar-refractivity contribution is 0.601. The molecule has 0 amide bonds. The van der Waals surface area contributed by atoms with Crippen molar-refractivity contribution in [3.8, 4) is 11.3 Å². The maximum absolute atomic E-state index is 12.4. The van der Waals surface area contributed by atoms with Gasteiger partial charge in [-0.3, -0.25) is 4.72 Å². The van der Waals surface area contributed by atoms with Crippen LogP contribution in [0.5, 0.6) is 0 Å². The van der Waals surface area contributed by atoms with Crippen LogP contribution in [-0.2, 0) is 10.0 Å². The number of benzene rings is 3. The number of aromatic nitrogens is 1. The van der Waals surface area contributed by atoms with Gasteiger partial charge in [0.25, 0.3) is 10.0 Å². The molecule has 4 rings (SSSR count). The van der Waals surface area contributed by atoms with Crippen LogP contribution in [0.15, 0.2) is 77.0 Å². The zero-order valence-electron chi connectivity index (χ0n) is 13.4. The summed E-state index contributed by atoms with van der Waals surface area (Å²) in [5.41, 5.74) is 1.67. The van der Waals surface area contributed by atoms with E-state index in [2.05, 4.69) is 9.71 Å². The van der Waals surface area contributed by atoms with Crippen LogP contribution in [0.4, 0.5) is 5.13 Å². The van der Waals surface area contributed by atoms with Gasteiger partial charge in [-0.2, -0.15) is 0 Å². The number of nitrogens with zero attached hydrogens (tertiary/aromatic N) is 1. The molecule has 26 heavy (non-hydrogen) atoms. The van der Waals surface area contributed by atoms with Crippen LogP contribution in [0.2, 0.25) is 5.02 Å². The predicted molar refractivity (Wildman–Crippen MR) is 107 cm³/mol. The van der Waals surface area contributed by atoms with Gasteiger partial charge in [-0.1, -0.05) is 48.0 Å². The van der Waals surface area contributed by atoms with Crippen LogP contribution in [0, 0.1) is 0 Å². The monoisotopic (exact) mass is 400 g/mol. The fourth-order valence-electron chi connectivity index (χ4n) is 2.59. The molecule has 0 bridgehead atoms. The molecule has 0 saturated heterocycles. The lowest BCUT2D eigenvalue weighted by Gasteiger charge is -2.05. The first-order chi connectivity index (χ1) is 12.5. The number of thiazole rings is 1. The molecule has 4 nitrogen and oxygen atoms in total. The molecule has 1 N–H and O–H groups in total. The highest BCUT2D eigenvalue weighted by Gasteiger charge is 2.16. The molecular weight excluding hydrogens is 388 g/mol. The number of hydrogen-bond acceptors (Lipinski definition) is 4. The summed E-state index contributed by atoms with van der Waals surface area (Å²) in [6, 6.07) is 20.1. The molecule has 1 aromatic heterocycles. The van der Waals surface area contributed by atoms with Gasteiger partial charge in [0, 0.05) is 16.0 Å². The first kappa shape index (κ1) is 17.0. The lowest BCUT2D eigenvalue weighted by atomic mass is 10.1. The second-order valence-electron chi connectivity index (χ2n) is 5.66. The number of rotatable bonds is 4. The van der Waals surface area contributed by atoms with E-state index in [0.29, 0.717) is 10.2 Å². The summed E-state index contributed by atoms with van der Waals surface area (Å²) in [6.07, 6.45) is 0. The molecule has 0 unspecified atom stereocenters. The second-order valence-corrected chi connectivity index (χ2v) is 8.64. The van der Waals surface area contributed by atoms with Crippen LogP contribution in [0.25, 0.3) is 22.0 Å². The standard InChI is InChI=1S/C19H13ClN2O2S2/c20-16-7-9-17(10-8-16)26(23,24)22-19-21-18(12-25-19)15-6-5-13-3-1-2-4-14(13)11-15/h1-12H,(H,21,22). The van der Waals surface area contributed by atoms with Crippen molar-refractivity contribution in [2.24, 2.45) is 0 Å². The average molecular weight is 401 g/mol. The van der Waals surface area contributed by atoms with E-state index < -0.39 is 10.0 Å². The van der Waals surface area contributed by atoms with Gasteiger partial charge in [-0.25, -0.2) is 13.4 Å². The minimum Gasteiger partial charge on any atom is -0.255 e. The van der Waals surface area contributed by atoms with Crippen molar-refractivity contribution in [3.05, 3.63) is 77.1 Å². The molecule has 0 aliphatic carbocycles. The van der Waals surface area contributed by atoms with Crippen LogP contribution in [0.1, 0.15) is 0 Å². The Balaban J connectivity index is 1.62. The van der Waals surface area contributed by atoms with E-state index in [1.54, 1.807) is 12.1 Å². The summed E-state index contributed by atoms with van der Waals surface area (Å²) in [5, 5.41) is 4.90. The maximum Gasteiger partial charge on any atom is 0.263 e. The molecule has 0 saturated carbocycles. The molecule has 1 heterocycles. The summed E-state index contributed by atoms with van der Waals surface area (Å²) >= 11 is 7.06. The van der Waals surface area contributed by atoms with E-state index in [-0.39, 0.29) is 4.90 Å². The fraction of sp³-hybridized carbons (Fsp3) is 0. The fourth-order valence-corrected chi connectivity index (χ4v) is 4.69. The Bertz CT molecular complexity index is 1190. The number of halogens is 1. The molecular formula is C19H13ClN2O2S2. The van der Waals surface area contributed by atoms with Crippen molar-refractivity contribution < 1.29 is 8.42 Å². The molecule has 0 aliphatic rings. The molecule has 0 radical (unpaired) electrons. The molecule has 4 aromatic rings. The highest BCUT2D eigenvalue weighted by atomic mass is 35.5. The van der Waals surface area contributed by atoms with Crippen LogP contribution >= 0.6 is 22.9 Å². The Labute approximate surface area is 160 Å². The van der Waals surface area contributed by atoms with E-state index in [1.807, 2.05) is 47.8 Å². The number of sulfonamides is 1. The number of nitrogens with one attached hydrogen (secondary N) is 1. The summed E-state index contributed by atoms with van der Waals surface area (Å²) in [5.74, 6) is 0. The molecule has 7 heteroatoms.